The van der Waals surface area contributed by atoms with Gasteiger partial charge in [-0.15, -0.1) is 0 Å². The van der Waals surface area contributed by atoms with Crippen LogP contribution in [-0.2, 0) is 14.4 Å². The van der Waals surface area contributed by atoms with Gasteiger partial charge in [-0.2, -0.15) is 0 Å². The number of hydrogen-bond acceptors (Lipinski definition) is 4. The quantitative estimate of drug-likeness (QED) is 0.468. The lowest BCUT2D eigenvalue weighted by atomic mass is 10.4. The van der Waals surface area contributed by atoms with Crippen molar-refractivity contribution >= 4 is 18.2 Å². The summed E-state index contributed by atoms with van der Waals surface area (Å²) in [6, 6.07) is 7.84. The monoisotopic (exact) mass is 240 g/mol. The molecule has 0 fully saturated rings. The number of carboxylic acids is 2. The number of fused-ring (bicyclic) bond motifs is 1. The first-order chi connectivity index (χ1) is 7.97. The Balaban J connectivity index is 0.000000238. The SMILES string of the molecule is CC(=O)O.O=CCC(=O)O.c1ccc2c(c1)O2. The molecule has 6 nitrogen and oxygen atoms in total. The second kappa shape index (κ2) is 7.86. The topological polar surface area (TPSA) is 104 Å². The summed E-state index contributed by atoms with van der Waals surface area (Å²) < 4.78 is 4.94. The van der Waals surface area contributed by atoms with E-state index in [0.29, 0.717) is 6.29 Å². The Morgan fingerprint density at radius 2 is 1.65 bits per heavy atom. The number of para-hydroxylation sites is 2. The van der Waals surface area contributed by atoms with Crippen LogP contribution in [0.15, 0.2) is 24.3 Å². The highest BCUT2D eigenvalue weighted by atomic mass is 16.6. The third-order valence-corrected chi connectivity index (χ3v) is 1.29. The third kappa shape index (κ3) is 9.92. The summed E-state index contributed by atoms with van der Waals surface area (Å²) in [6.45, 7) is 1.08. The van der Waals surface area contributed by atoms with Crippen LogP contribution >= 0.6 is 0 Å². The van der Waals surface area contributed by atoms with Gasteiger partial charge in [-0.25, -0.2) is 0 Å². The molecule has 1 aliphatic heterocycles. The molecule has 0 radical (unpaired) electrons. The van der Waals surface area contributed by atoms with Gasteiger partial charge < -0.3 is 19.7 Å². The average molecular weight is 240 g/mol. The summed E-state index contributed by atoms with van der Waals surface area (Å²) in [5.41, 5.74) is 0. The smallest absolute Gasteiger partial charge is 0.310 e. The number of carboxylic acid groups (broad SMARTS) is 2. The molecule has 0 aromatic heterocycles. The van der Waals surface area contributed by atoms with E-state index in [4.69, 9.17) is 19.7 Å². The van der Waals surface area contributed by atoms with E-state index < -0.39 is 11.9 Å². The number of carbonyl (C=O) groups is 3. The average Bonchev–Trinajstić information content (AvgIpc) is 2.95. The van der Waals surface area contributed by atoms with Crippen LogP contribution in [0.3, 0.4) is 0 Å². The van der Waals surface area contributed by atoms with Crippen molar-refractivity contribution in [2.24, 2.45) is 0 Å². The summed E-state index contributed by atoms with van der Waals surface area (Å²) in [6.07, 6.45) is -0.0394. The maximum absolute atomic E-state index is 9.37. The minimum Gasteiger partial charge on any atom is -0.481 e. The molecule has 1 aromatic rings. The minimum atomic E-state index is -1.08. The number of hydrogen-bond donors (Lipinski definition) is 2. The fourth-order valence-corrected chi connectivity index (χ4v) is 0.682. The van der Waals surface area contributed by atoms with Crippen molar-refractivity contribution in [1.82, 2.24) is 0 Å². The molecule has 92 valence electrons. The highest BCUT2D eigenvalue weighted by molar-refractivity contribution is 5.82. The number of aldehydes is 1. The molecule has 0 saturated heterocycles. The Kier molecular flexibility index (Phi) is 6.77. The maximum atomic E-state index is 9.37. The second-order valence-electron chi connectivity index (χ2n) is 2.83. The van der Waals surface area contributed by atoms with Gasteiger partial charge in [-0.05, 0) is 12.1 Å². The van der Waals surface area contributed by atoms with E-state index in [9.17, 15) is 9.59 Å². The number of benzene rings is 1. The Bertz CT molecular complexity index is 374. The second-order valence-corrected chi connectivity index (χ2v) is 2.83. The van der Waals surface area contributed by atoms with Crippen molar-refractivity contribution in [3.63, 3.8) is 0 Å². The summed E-state index contributed by atoms with van der Waals surface area (Å²) in [7, 11) is 0. The molecule has 0 bridgehead atoms. The molecule has 0 aliphatic carbocycles. The molecular weight excluding hydrogens is 228 g/mol. The van der Waals surface area contributed by atoms with Crippen molar-refractivity contribution in [2.75, 3.05) is 0 Å². The molecule has 6 heteroatoms. The zero-order valence-corrected chi connectivity index (χ0v) is 9.12. The molecule has 17 heavy (non-hydrogen) atoms. The van der Waals surface area contributed by atoms with Crippen LogP contribution in [0.4, 0.5) is 0 Å². The lowest BCUT2D eigenvalue weighted by Crippen LogP contribution is -1.92. The van der Waals surface area contributed by atoms with E-state index in [-0.39, 0.29) is 6.42 Å². The van der Waals surface area contributed by atoms with Gasteiger partial charge in [0.1, 0.15) is 12.7 Å². The first-order valence-corrected chi connectivity index (χ1v) is 4.59. The van der Waals surface area contributed by atoms with Crippen LogP contribution in [0.2, 0.25) is 0 Å². The van der Waals surface area contributed by atoms with Gasteiger partial charge in [0, 0.05) is 6.92 Å². The predicted octanol–water partition coefficient (Wildman–Crippen LogP) is 1.54. The zero-order chi connectivity index (χ0) is 13.3. The van der Waals surface area contributed by atoms with Crippen molar-refractivity contribution in [2.45, 2.75) is 13.3 Å². The number of ether oxygens (including phenoxy) is 1. The van der Waals surface area contributed by atoms with Gasteiger partial charge in [0.15, 0.2) is 11.5 Å². The van der Waals surface area contributed by atoms with Crippen LogP contribution < -0.4 is 4.74 Å². The van der Waals surface area contributed by atoms with E-state index in [2.05, 4.69) is 0 Å². The molecule has 0 amide bonds. The van der Waals surface area contributed by atoms with Crippen molar-refractivity contribution < 1.29 is 29.3 Å². The fraction of sp³-hybridized carbons (Fsp3) is 0.182. The molecule has 1 aromatic carbocycles. The first-order valence-electron chi connectivity index (χ1n) is 4.59. The van der Waals surface area contributed by atoms with Gasteiger partial charge in [-0.3, -0.25) is 9.59 Å². The highest BCUT2D eigenvalue weighted by Crippen LogP contribution is 2.43. The fourth-order valence-electron chi connectivity index (χ4n) is 0.682. The predicted molar refractivity (Wildman–Crippen MR) is 58.1 cm³/mol. The van der Waals surface area contributed by atoms with E-state index in [1.165, 1.54) is 0 Å². The van der Waals surface area contributed by atoms with Crippen molar-refractivity contribution in [3.05, 3.63) is 24.3 Å². The molecule has 1 heterocycles. The molecule has 1 aliphatic rings. The molecule has 0 atom stereocenters. The lowest BCUT2D eigenvalue weighted by Gasteiger charge is -1.71. The number of aliphatic carboxylic acids is 2. The van der Waals surface area contributed by atoms with Gasteiger partial charge in [0.25, 0.3) is 5.97 Å². The summed E-state index contributed by atoms with van der Waals surface area (Å²) in [5, 5.41) is 15.1. The Hall–Kier alpha value is -2.37. The number of rotatable bonds is 2. The molecular formula is C11H12O6. The summed E-state index contributed by atoms with van der Waals surface area (Å²) in [5.74, 6) is 0.148. The van der Waals surface area contributed by atoms with Crippen LogP contribution in [-0.4, -0.2) is 28.4 Å². The lowest BCUT2D eigenvalue weighted by molar-refractivity contribution is -0.138. The first kappa shape index (κ1) is 14.6. The Morgan fingerprint density at radius 3 is 1.82 bits per heavy atom. The molecule has 0 saturated carbocycles. The van der Waals surface area contributed by atoms with E-state index >= 15 is 0 Å². The maximum Gasteiger partial charge on any atom is 0.310 e. The van der Waals surface area contributed by atoms with E-state index in [0.717, 1.165) is 18.4 Å². The van der Waals surface area contributed by atoms with Gasteiger partial charge in [0.05, 0.1) is 0 Å². The zero-order valence-electron chi connectivity index (χ0n) is 9.12. The Labute approximate surface area is 97.4 Å². The van der Waals surface area contributed by atoms with Gasteiger partial charge in [0.2, 0.25) is 0 Å². The van der Waals surface area contributed by atoms with Crippen molar-refractivity contribution in [3.8, 4) is 11.5 Å². The molecule has 0 unspecified atom stereocenters. The van der Waals surface area contributed by atoms with Crippen LogP contribution in [0.25, 0.3) is 0 Å². The van der Waals surface area contributed by atoms with Gasteiger partial charge >= 0.3 is 5.97 Å². The normalized spacial score (nSPS) is 9.00. The largest absolute Gasteiger partial charge is 0.481 e. The summed E-state index contributed by atoms with van der Waals surface area (Å²) in [4.78, 5) is 27.6. The third-order valence-electron chi connectivity index (χ3n) is 1.29. The van der Waals surface area contributed by atoms with Crippen LogP contribution in [0.5, 0.6) is 11.5 Å². The van der Waals surface area contributed by atoms with Gasteiger partial charge in [-0.1, -0.05) is 12.1 Å². The minimum absolute atomic E-state index is 0.350. The van der Waals surface area contributed by atoms with Crippen LogP contribution in [0.1, 0.15) is 13.3 Å². The van der Waals surface area contributed by atoms with Crippen LogP contribution in [0, 0.1) is 0 Å². The standard InChI is InChI=1S/C6H4O.C3H4O3.C2H4O2/c1-2-4-6-5(3-1)7-6;4-2-1-3(5)6;1-2(3)4/h1-4H;2H,1H2,(H,5,6);1H3,(H,3,4). The molecule has 2 rings (SSSR count). The number of carbonyl (C=O) groups excluding carboxylic acids is 1. The summed E-state index contributed by atoms with van der Waals surface area (Å²) >= 11 is 0. The van der Waals surface area contributed by atoms with E-state index in [1.54, 1.807) is 0 Å². The highest BCUT2D eigenvalue weighted by Gasteiger charge is 2.15. The molecule has 0 spiro atoms. The van der Waals surface area contributed by atoms with Crippen molar-refractivity contribution in [1.29, 1.82) is 0 Å². The molecule has 2 N–H and O–H groups in total. The Morgan fingerprint density at radius 1 is 1.24 bits per heavy atom. The van der Waals surface area contributed by atoms with E-state index in [1.807, 2.05) is 24.3 Å².